The lowest BCUT2D eigenvalue weighted by atomic mass is 9.94. The van der Waals surface area contributed by atoms with Crippen LogP contribution in [0.4, 0.5) is 39.5 Å². The molecule has 0 spiro atoms. The van der Waals surface area contributed by atoms with Gasteiger partial charge in [-0.15, -0.1) is 10.2 Å². The molecule has 0 N–H and O–H groups in total. The average Bonchev–Trinajstić information content (AvgIpc) is 3.67. The van der Waals surface area contributed by atoms with Crippen LogP contribution in [0.3, 0.4) is 0 Å². The lowest BCUT2D eigenvalue weighted by Gasteiger charge is -2.16. The van der Waals surface area contributed by atoms with E-state index in [9.17, 15) is 47.9 Å². The molecule has 2 aromatic heterocycles. The van der Waals surface area contributed by atoms with E-state index in [1.165, 1.54) is 19.8 Å². The van der Waals surface area contributed by atoms with Crippen molar-refractivity contribution < 1.29 is 52.7 Å². The highest BCUT2D eigenvalue weighted by Crippen LogP contribution is 2.43. The van der Waals surface area contributed by atoms with Gasteiger partial charge in [-0.1, -0.05) is 47.5 Å². The number of nitrogens with zero attached hydrogens (tertiary/aromatic N) is 4. The van der Waals surface area contributed by atoms with Crippen LogP contribution in [0, 0.1) is 48.8 Å². The molecule has 1 saturated carbocycles. The molecular formula is C40H27Cl2F9N4O3S. The highest BCUT2D eigenvalue weighted by atomic mass is 35.5. The number of aryl methyl sites for hydroxylation is 2. The minimum atomic E-state index is -5.59. The topological polar surface area (TPSA) is 94.9 Å². The van der Waals surface area contributed by atoms with E-state index in [1.807, 2.05) is 12.1 Å². The third-order valence-electron chi connectivity index (χ3n) is 9.23. The van der Waals surface area contributed by atoms with Crippen molar-refractivity contribution in [2.24, 2.45) is 0 Å². The van der Waals surface area contributed by atoms with Gasteiger partial charge in [0.05, 0.1) is 33.5 Å². The number of halogens is 11. The molecule has 308 valence electrons. The van der Waals surface area contributed by atoms with Crippen LogP contribution in [0.2, 0.25) is 10.3 Å². The second-order valence-electron chi connectivity index (χ2n) is 13.2. The third-order valence-corrected chi connectivity index (χ3v) is 11.3. The Labute approximate surface area is 340 Å². The van der Waals surface area contributed by atoms with Crippen molar-refractivity contribution in [3.8, 4) is 50.3 Å². The van der Waals surface area contributed by atoms with Gasteiger partial charge in [0, 0.05) is 46.5 Å². The van der Waals surface area contributed by atoms with Gasteiger partial charge in [-0.3, -0.25) is 0 Å². The minimum absolute atomic E-state index is 0.0182. The largest absolute Gasteiger partial charge is 0.501 e. The zero-order valence-electron chi connectivity index (χ0n) is 30.4. The molecule has 19 heteroatoms. The van der Waals surface area contributed by atoms with Crippen molar-refractivity contribution in [1.82, 2.24) is 20.4 Å². The molecule has 7 nitrogen and oxygen atoms in total. The van der Waals surface area contributed by atoms with Crippen LogP contribution in [-0.4, -0.2) is 40.4 Å². The van der Waals surface area contributed by atoms with Crippen LogP contribution in [0.1, 0.15) is 37.1 Å². The number of sulfone groups is 1. The van der Waals surface area contributed by atoms with E-state index in [4.69, 9.17) is 27.9 Å². The second kappa shape index (κ2) is 17.1. The van der Waals surface area contributed by atoms with Crippen molar-refractivity contribution in [2.75, 3.05) is 0 Å². The van der Waals surface area contributed by atoms with E-state index in [1.54, 1.807) is 19.1 Å². The van der Waals surface area contributed by atoms with Gasteiger partial charge in [0.25, 0.3) is 9.84 Å². The predicted octanol–water partition coefficient (Wildman–Crippen LogP) is 12.0. The summed E-state index contributed by atoms with van der Waals surface area (Å²) >= 11 is 12.2. The monoisotopic (exact) mass is 884 g/mol. The van der Waals surface area contributed by atoms with E-state index in [-0.39, 0.29) is 39.2 Å². The van der Waals surface area contributed by atoms with Crippen LogP contribution < -0.4 is 4.74 Å². The summed E-state index contributed by atoms with van der Waals surface area (Å²) in [6.45, 7) is 3.06. The smallest absolute Gasteiger partial charge is 0.490 e. The van der Waals surface area contributed by atoms with Gasteiger partial charge in [0.15, 0.2) is 10.3 Å². The third kappa shape index (κ3) is 9.01. The summed E-state index contributed by atoms with van der Waals surface area (Å²) in [5, 5.41) is 14.5. The molecule has 59 heavy (non-hydrogen) atoms. The fraction of sp³-hybridized carbons (Fsp3) is 0.200. The number of alkyl halides is 3. The van der Waals surface area contributed by atoms with Crippen LogP contribution in [0.15, 0.2) is 77.7 Å². The summed E-state index contributed by atoms with van der Waals surface area (Å²) in [7, 11) is -5.59. The molecule has 0 aliphatic heterocycles. The fourth-order valence-electron chi connectivity index (χ4n) is 6.56. The van der Waals surface area contributed by atoms with E-state index >= 15 is 0 Å². The Kier molecular flexibility index (Phi) is 12.6. The maximum absolute atomic E-state index is 14.5. The van der Waals surface area contributed by atoms with E-state index in [0.717, 1.165) is 30.7 Å². The number of rotatable bonds is 7. The first-order valence-corrected chi connectivity index (χ1v) is 19.6. The van der Waals surface area contributed by atoms with Crippen LogP contribution in [0.5, 0.6) is 5.75 Å². The first-order chi connectivity index (χ1) is 27.8. The van der Waals surface area contributed by atoms with E-state index in [2.05, 4.69) is 20.4 Å². The minimum Gasteiger partial charge on any atom is -0.490 e. The summed E-state index contributed by atoms with van der Waals surface area (Å²) in [6.07, 6.45) is 4.64. The number of benzene rings is 4. The molecule has 6 aromatic rings. The first-order valence-electron chi connectivity index (χ1n) is 17.3. The molecule has 0 atom stereocenters. The van der Waals surface area contributed by atoms with Crippen LogP contribution >= 0.6 is 23.2 Å². The fourth-order valence-corrected chi connectivity index (χ4v) is 7.78. The first kappa shape index (κ1) is 43.3. The molecule has 1 aliphatic rings. The van der Waals surface area contributed by atoms with Crippen molar-refractivity contribution in [3.63, 3.8) is 0 Å². The SMILES string of the molecule is Cc1nnc(Cl)c(-c2c(F)cc(F)cc2F)c1-c1ccc(OC2CCCC2)cc1.Cc1nnc(Cl)c(-c2c(F)cc(F)cc2F)c1-c1ccc(S(=O)(=O)C(F)(F)F)cc1. The number of hydrogen-bond donors (Lipinski definition) is 0. The Balaban J connectivity index is 0.000000198. The number of aromatic nitrogens is 4. The van der Waals surface area contributed by atoms with Gasteiger partial charge in [0.1, 0.15) is 40.7 Å². The molecule has 0 bridgehead atoms. The van der Waals surface area contributed by atoms with Crippen molar-refractivity contribution in [3.05, 3.63) is 129 Å². The van der Waals surface area contributed by atoms with E-state index < -0.39 is 71.4 Å². The van der Waals surface area contributed by atoms with Gasteiger partial charge in [-0.25, -0.2) is 34.8 Å². The predicted molar refractivity (Wildman–Crippen MR) is 201 cm³/mol. The Bertz CT molecular complexity index is 2620. The quantitative estimate of drug-likeness (QED) is 0.147. The zero-order chi connectivity index (χ0) is 43.0. The zero-order valence-corrected chi connectivity index (χ0v) is 32.7. The normalized spacial score (nSPS) is 13.3. The van der Waals surface area contributed by atoms with E-state index in [0.29, 0.717) is 53.2 Å². The maximum Gasteiger partial charge on any atom is 0.501 e. The summed E-state index contributed by atoms with van der Waals surface area (Å²) < 4.78 is 152. The maximum atomic E-state index is 14.5. The molecule has 0 amide bonds. The summed E-state index contributed by atoms with van der Waals surface area (Å²) in [5.74, 6) is -6.15. The molecular weight excluding hydrogens is 858 g/mol. The number of hydrogen-bond acceptors (Lipinski definition) is 7. The molecule has 2 heterocycles. The molecule has 4 aromatic carbocycles. The molecule has 1 fully saturated rings. The van der Waals surface area contributed by atoms with Crippen LogP contribution in [-0.2, 0) is 9.84 Å². The molecule has 0 saturated heterocycles. The van der Waals surface area contributed by atoms with Gasteiger partial charge in [-0.2, -0.15) is 23.4 Å². The summed E-state index contributed by atoms with van der Waals surface area (Å²) in [6, 6.07) is 12.6. The Hall–Kier alpha value is -5.26. The standard InChI is InChI=1S/C22H18ClF3N2O.C18H9ClF6N2O2S/c1-12-19(13-6-8-16(9-7-13)29-15-4-2-3-5-15)21(22(23)28-27-12)20-17(25)10-14(24)11-18(20)26;1-8-14(9-2-4-11(5-3-9)30(28,29)18(23,24)25)16(17(19)27-26-8)15-12(21)6-10(20)7-13(15)22/h6-11,15H,2-5H2,1H3;2-7H,1H3. The van der Waals surface area contributed by atoms with Crippen molar-refractivity contribution >= 4 is 33.0 Å². The highest BCUT2D eigenvalue weighted by Gasteiger charge is 2.46. The van der Waals surface area contributed by atoms with Gasteiger partial charge >= 0.3 is 5.51 Å². The van der Waals surface area contributed by atoms with Gasteiger partial charge in [0.2, 0.25) is 0 Å². The average molecular weight is 886 g/mol. The molecule has 7 rings (SSSR count). The Morgan fingerprint density at radius 3 is 1.32 bits per heavy atom. The highest BCUT2D eigenvalue weighted by molar-refractivity contribution is 7.92. The van der Waals surface area contributed by atoms with Gasteiger partial charge in [-0.05, 0) is 74.9 Å². The Morgan fingerprint density at radius 2 is 0.949 bits per heavy atom. The molecule has 0 unspecified atom stereocenters. The molecule has 1 aliphatic carbocycles. The lowest BCUT2D eigenvalue weighted by Crippen LogP contribution is -2.23. The van der Waals surface area contributed by atoms with Gasteiger partial charge < -0.3 is 4.74 Å². The van der Waals surface area contributed by atoms with Crippen molar-refractivity contribution in [2.45, 2.75) is 56.0 Å². The number of ether oxygens (including phenoxy) is 1. The van der Waals surface area contributed by atoms with Crippen molar-refractivity contribution in [1.29, 1.82) is 0 Å². The van der Waals surface area contributed by atoms with Crippen LogP contribution in [0.25, 0.3) is 44.5 Å². The summed E-state index contributed by atoms with van der Waals surface area (Å²) in [5.41, 5.74) is -5.28. The Morgan fingerprint density at radius 1 is 0.576 bits per heavy atom. The second-order valence-corrected chi connectivity index (χ2v) is 15.8. The molecule has 0 radical (unpaired) electrons. The summed E-state index contributed by atoms with van der Waals surface area (Å²) in [4.78, 5) is -1.02. The lowest BCUT2D eigenvalue weighted by molar-refractivity contribution is -0.0436.